The minimum Gasteiger partial charge on any atom is -0.356 e. The van der Waals surface area contributed by atoms with E-state index in [2.05, 4.69) is 20.5 Å². The summed E-state index contributed by atoms with van der Waals surface area (Å²) in [6.45, 7) is 1.96. The van der Waals surface area contributed by atoms with E-state index >= 15 is 0 Å². The Morgan fingerprint density at radius 1 is 1.38 bits per heavy atom. The van der Waals surface area contributed by atoms with Crippen LogP contribution in [0.15, 0.2) is 23.2 Å². The number of aliphatic imine (C=N–C) groups is 1. The van der Waals surface area contributed by atoms with Crippen LogP contribution in [0.3, 0.4) is 0 Å². The quantitative estimate of drug-likeness (QED) is 0.455. The SMILES string of the molecule is CN=C(NCCC(F)(F)F)NC1CCCN(Cc2ccc(F)cc2Cl)C1. The first-order valence-corrected chi connectivity index (χ1v) is 8.85. The van der Waals surface area contributed by atoms with Crippen LogP contribution in [0.2, 0.25) is 5.02 Å². The van der Waals surface area contributed by atoms with E-state index in [0.717, 1.165) is 24.9 Å². The van der Waals surface area contributed by atoms with E-state index in [4.69, 9.17) is 11.6 Å². The summed E-state index contributed by atoms with van der Waals surface area (Å²) in [6.07, 6.45) is -3.26. The highest BCUT2D eigenvalue weighted by Crippen LogP contribution is 2.21. The van der Waals surface area contributed by atoms with E-state index < -0.39 is 12.6 Å². The van der Waals surface area contributed by atoms with E-state index in [1.165, 1.54) is 19.2 Å². The van der Waals surface area contributed by atoms with Crippen LogP contribution < -0.4 is 10.6 Å². The Bertz CT molecular complexity index is 621. The van der Waals surface area contributed by atoms with Crippen LogP contribution in [0, 0.1) is 5.82 Å². The molecule has 9 heteroatoms. The van der Waals surface area contributed by atoms with Crippen molar-refractivity contribution >= 4 is 17.6 Å². The number of rotatable bonds is 5. The summed E-state index contributed by atoms with van der Waals surface area (Å²) < 4.78 is 49.9. The molecule has 0 spiro atoms. The molecule has 0 aromatic heterocycles. The van der Waals surface area contributed by atoms with Gasteiger partial charge in [0.2, 0.25) is 0 Å². The van der Waals surface area contributed by atoms with Gasteiger partial charge >= 0.3 is 6.18 Å². The first kappa shape index (κ1) is 20.8. The number of halogens is 5. The number of nitrogens with zero attached hydrogens (tertiary/aromatic N) is 2. The highest BCUT2D eigenvalue weighted by Gasteiger charge is 2.27. The van der Waals surface area contributed by atoms with Crippen molar-refractivity contribution in [3.05, 3.63) is 34.6 Å². The van der Waals surface area contributed by atoms with Gasteiger partial charge in [0, 0.05) is 37.7 Å². The van der Waals surface area contributed by atoms with Crippen molar-refractivity contribution < 1.29 is 17.6 Å². The molecule has 1 heterocycles. The number of hydrogen-bond acceptors (Lipinski definition) is 2. The van der Waals surface area contributed by atoms with Gasteiger partial charge in [-0.05, 0) is 37.1 Å². The fraction of sp³-hybridized carbons (Fsp3) is 0.588. The summed E-state index contributed by atoms with van der Waals surface area (Å²) in [6, 6.07) is 4.42. The Kier molecular flexibility index (Phi) is 7.52. The summed E-state index contributed by atoms with van der Waals surface area (Å²) in [7, 11) is 1.53. The third-order valence-electron chi connectivity index (χ3n) is 4.18. The maximum absolute atomic E-state index is 13.1. The van der Waals surface area contributed by atoms with Crippen LogP contribution >= 0.6 is 11.6 Å². The van der Waals surface area contributed by atoms with Gasteiger partial charge < -0.3 is 10.6 Å². The number of piperidine rings is 1. The van der Waals surface area contributed by atoms with E-state index in [9.17, 15) is 17.6 Å². The number of nitrogens with one attached hydrogen (secondary N) is 2. The smallest absolute Gasteiger partial charge is 0.356 e. The zero-order valence-electron chi connectivity index (χ0n) is 14.5. The Balaban J connectivity index is 1.85. The average molecular weight is 395 g/mol. The molecule has 1 atom stereocenters. The average Bonchev–Trinajstić information content (AvgIpc) is 2.56. The van der Waals surface area contributed by atoms with Gasteiger partial charge in [-0.3, -0.25) is 9.89 Å². The third-order valence-corrected chi connectivity index (χ3v) is 4.53. The predicted octanol–water partition coefficient (Wildman–Crippen LogP) is 3.56. The molecule has 2 rings (SSSR count). The van der Waals surface area contributed by atoms with Crippen LogP contribution in [0.25, 0.3) is 0 Å². The molecule has 0 saturated carbocycles. The number of likely N-dealkylation sites (tertiary alicyclic amines) is 1. The van der Waals surface area contributed by atoms with Crippen molar-refractivity contribution in [2.24, 2.45) is 4.99 Å². The van der Waals surface area contributed by atoms with Crippen molar-refractivity contribution in [1.82, 2.24) is 15.5 Å². The summed E-state index contributed by atoms with van der Waals surface area (Å²) >= 11 is 6.08. The van der Waals surface area contributed by atoms with E-state index in [1.54, 1.807) is 6.07 Å². The number of benzene rings is 1. The molecular weight excluding hydrogens is 372 g/mol. The molecule has 2 N–H and O–H groups in total. The van der Waals surface area contributed by atoms with Gasteiger partial charge in [-0.1, -0.05) is 17.7 Å². The summed E-state index contributed by atoms with van der Waals surface area (Å²) in [5.74, 6) is -0.00779. The molecule has 0 bridgehead atoms. The van der Waals surface area contributed by atoms with Gasteiger partial charge in [-0.2, -0.15) is 13.2 Å². The summed E-state index contributed by atoms with van der Waals surface area (Å²) in [5.41, 5.74) is 0.849. The number of guanidine groups is 1. The Morgan fingerprint density at radius 3 is 2.81 bits per heavy atom. The minimum atomic E-state index is -4.19. The maximum Gasteiger partial charge on any atom is 0.390 e. The Morgan fingerprint density at radius 2 is 2.15 bits per heavy atom. The molecule has 1 aromatic rings. The highest BCUT2D eigenvalue weighted by molar-refractivity contribution is 6.31. The minimum absolute atomic E-state index is 0.0695. The van der Waals surface area contributed by atoms with Gasteiger partial charge in [-0.15, -0.1) is 0 Å². The van der Waals surface area contributed by atoms with E-state index in [0.29, 0.717) is 24.1 Å². The van der Waals surface area contributed by atoms with Crippen LogP contribution in [0.4, 0.5) is 17.6 Å². The number of alkyl halides is 3. The van der Waals surface area contributed by atoms with Gasteiger partial charge in [0.25, 0.3) is 0 Å². The lowest BCUT2D eigenvalue weighted by atomic mass is 10.0. The molecule has 1 aliphatic heterocycles. The van der Waals surface area contributed by atoms with Crippen LogP contribution in [-0.4, -0.2) is 49.8 Å². The lowest BCUT2D eigenvalue weighted by Gasteiger charge is -2.34. The zero-order valence-corrected chi connectivity index (χ0v) is 15.3. The second kappa shape index (κ2) is 9.41. The molecule has 26 heavy (non-hydrogen) atoms. The van der Waals surface area contributed by atoms with Crippen LogP contribution in [-0.2, 0) is 6.54 Å². The normalized spacial score (nSPS) is 19.5. The zero-order chi connectivity index (χ0) is 19.2. The molecule has 1 aliphatic rings. The van der Waals surface area contributed by atoms with Crippen molar-refractivity contribution in [1.29, 1.82) is 0 Å². The fourth-order valence-electron chi connectivity index (χ4n) is 2.92. The van der Waals surface area contributed by atoms with E-state index in [1.807, 2.05) is 0 Å². The van der Waals surface area contributed by atoms with Gasteiger partial charge in [0.05, 0.1) is 6.42 Å². The topological polar surface area (TPSA) is 39.7 Å². The van der Waals surface area contributed by atoms with Gasteiger partial charge in [0.15, 0.2) is 5.96 Å². The van der Waals surface area contributed by atoms with Gasteiger partial charge in [0.1, 0.15) is 5.82 Å². The molecule has 0 amide bonds. The molecule has 1 fully saturated rings. The monoisotopic (exact) mass is 394 g/mol. The largest absolute Gasteiger partial charge is 0.390 e. The van der Waals surface area contributed by atoms with Crippen molar-refractivity contribution in [2.75, 3.05) is 26.7 Å². The van der Waals surface area contributed by atoms with Crippen molar-refractivity contribution in [3.8, 4) is 0 Å². The Labute approximate surface area is 155 Å². The summed E-state index contributed by atoms with van der Waals surface area (Å²) in [4.78, 5) is 6.16. The van der Waals surface area contributed by atoms with Crippen LogP contribution in [0.5, 0.6) is 0 Å². The van der Waals surface area contributed by atoms with Crippen molar-refractivity contribution in [2.45, 2.75) is 38.0 Å². The summed E-state index contributed by atoms with van der Waals surface area (Å²) in [5, 5.41) is 6.25. The number of hydrogen-bond donors (Lipinski definition) is 2. The molecule has 1 unspecified atom stereocenters. The van der Waals surface area contributed by atoms with Crippen LogP contribution in [0.1, 0.15) is 24.8 Å². The maximum atomic E-state index is 13.1. The molecule has 1 saturated heterocycles. The molecular formula is C17H23ClF4N4. The molecule has 0 aliphatic carbocycles. The highest BCUT2D eigenvalue weighted by atomic mass is 35.5. The standard InChI is InChI=1S/C17H23ClF4N4/c1-23-16(24-7-6-17(20,21)22)25-14-3-2-8-26(11-14)10-12-4-5-13(19)9-15(12)18/h4-5,9,14H,2-3,6-8,10-11H2,1H3,(H2,23,24,25). The fourth-order valence-corrected chi connectivity index (χ4v) is 3.15. The second-order valence-electron chi connectivity index (χ2n) is 6.32. The van der Waals surface area contributed by atoms with E-state index in [-0.39, 0.29) is 18.4 Å². The molecule has 1 aromatic carbocycles. The lowest BCUT2D eigenvalue weighted by molar-refractivity contribution is -0.132. The predicted molar refractivity (Wildman–Crippen MR) is 94.9 cm³/mol. The molecule has 0 radical (unpaired) electrons. The van der Waals surface area contributed by atoms with Gasteiger partial charge in [-0.25, -0.2) is 4.39 Å². The second-order valence-corrected chi connectivity index (χ2v) is 6.73. The lowest BCUT2D eigenvalue weighted by Crippen LogP contribution is -2.51. The first-order chi connectivity index (χ1) is 12.3. The van der Waals surface area contributed by atoms with Crippen molar-refractivity contribution in [3.63, 3.8) is 0 Å². The molecule has 146 valence electrons. The first-order valence-electron chi connectivity index (χ1n) is 8.47. The Hall–Kier alpha value is -1.54. The third kappa shape index (κ3) is 6.99. The molecule has 4 nitrogen and oxygen atoms in total.